The van der Waals surface area contributed by atoms with E-state index in [9.17, 15) is 0 Å². The van der Waals surface area contributed by atoms with Gasteiger partial charge < -0.3 is 0 Å². The molecule has 0 radical (unpaired) electrons. The maximum Gasteiger partial charge on any atom is -0.109 e. The van der Waals surface area contributed by atoms with Crippen molar-refractivity contribution < 1.29 is 24.2 Å². The van der Waals surface area contributed by atoms with Crippen molar-refractivity contribution in [1.29, 1.82) is 0 Å². The first-order chi connectivity index (χ1) is 24.4. The summed E-state index contributed by atoms with van der Waals surface area (Å²) in [6.07, 6.45) is 16.8. The Labute approximate surface area is 321 Å². The van der Waals surface area contributed by atoms with E-state index in [4.69, 9.17) is 11.6 Å². The maximum atomic E-state index is 5.77. The molecule has 0 saturated heterocycles. The van der Waals surface area contributed by atoms with E-state index >= 15 is 0 Å². The van der Waals surface area contributed by atoms with Gasteiger partial charge in [-0.25, -0.2) is 12.2 Å². The SMILES string of the molecule is CCCC(C)c1cc2c([c-]c1-c1ccccc1)Cc1cc(-c3ccccc3)c(C(C)CCC)cc1-2.Clc1cccc(C[CH]=[Zr+2])c1.[C-]1=CC=CC1. The molecule has 5 aromatic rings. The third kappa shape index (κ3) is 9.90. The van der Waals surface area contributed by atoms with Crippen molar-refractivity contribution in [1.82, 2.24) is 0 Å². The fraction of sp³-hybridized carbons (Fsp3) is 0.271. The van der Waals surface area contributed by atoms with Crippen molar-refractivity contribution in [2.24, 2.45) is 0 Å². The van der Waals surface area contributed by atoms with Crippen LogP contribution in [-0.4, -0.2) is 3.71 Å². The smallest absolute Gasteiger partial charge is 0.109 e. The first-order valence-electron chi connectivity index (χ1n) is 18.3. The molecule has 2 aliphatic rings. The Kier molecular flexibility index (Phi) is 14.6. The van der Waals surface area contributed by atoms with Crippen LogP contribution in [0.4, 0.5) is 0 Å². The number of rotatable bonds is 10. The Bertz CT molecular complexity index is 1790. The molecule has 0 fully saturated rings. The molecule has 252 valence electrons. The summed E-state index contributed by atoms with van der Waals surface area (Å²) in [5.74, 6) is 1.05. The van der Waals surface area contributed by atoms with E-state index in [2.05, 4.69) is 135 Å². The van der Waals surface area contributed by atoms with Crippen LogP contribution >= 0.6 is 11.6 Å². The molecule has 0 aromatic heterocycles. The first kappa shape index (κ1) is 37.9. The molecular weight excluding hydrogens is 703 g/mol. The number of fused-ring (bicyclic) bond motifs is 3. The predicted molar refractivity (Wildman–Crippen MR) is 214 cm³/mol. The van der Waals surface area contributed by atoms with Gasteiger partial charge in [-0.3, -0.25) is 6.08 Å². The van der Waals surface area contributed by atoms with Gasteiger partial charge in [-0.05, 0) is 41.0 Å². The second-order valence-electron chi connectivity index (χ2n) is 13.4. The van der Waals surface area contributed by atoms with Gasteiger partial charge >= 0.3 is 80.8 Å². The molecule has 7 rings (SSSR count). The number of benzene rings is 5. The second-order valence-corrected chi connectivity index (χ2v) is 14.9. The summed E-state index contributed by atoms with van der Waals surface area (Å²) in [7, 11) is 0. The van der Waals surface area contributed by atoms with E-state index in [1.807, 2.05) is 30.4 Å². The summed E-state index contributed by atoms with van der Waals surface area (Å²) in [4.78, 5) is 0. The molecule has 2 aliphatic carbocycles. The quantitative estimate of drug-likeness (QED) is 0.122. The minimum Gasteiger partial charge on any atom is -0.273 e. The number of hydrogen-bond acceptors (Lipinski definition) is 0. The topological polar surface area (TPSA) is 0 Å². The molecule has 0 amide bonds. The Balaban J connectivity index is 0.000000266. The molecule has 0 aliphatic heterocycles. The van der Waals surface area contributed by atoms with Crippen molar-refractivity contribution >= 4 is 15.3 Å². The summed E-state index contributed by atoms with van der Waals surface area (Å²) < 4.78 is 2.21. The van der Waals surface area contributed by atoms with Gasteiger partial charge in [0.05, 0.1) is 0 Å². The molecule has 2 heteroatoms. The van der Waals surface area contributed by atoms with Crippen LogP contribution in [0.3, 0.4) is 0 Å². The number of allylic oxidation sites excluding steroid dienone is 4. The molecule has 5 aromatic carbocycles. The molecule has 0 N–H and O–H groups in total. The van der Waals surface area contributed by atoms with E-state index in [0.29, 0.717) is 11.8 Å². The van der Waals surface area contributed by atoms with Crippen molar-refractivity contribution in [3.8, 4) is 33.4 Å². The Hall–Kier alpha value is -3.38. The van der Waals surface area contributed by atoms with Crippen LogP contribution in [0.15, 0.2) is 121 Å². The van der Waals surface area contributed by atoms with Crippen LogP contribution in [0.1, 0.15) is 99.5 Å². The fourth-order valence-corrected chi connectivity index (χ4v) is 7.83. The van der Waals surface area contributed by atoms with Crippen molar-refractivity contribution in [2.75, 3.05) is 0 Å². The van der Waals surface area contributed by atoms with E-state index < -0.39 is 0 Å². The normalized spacial score (nSPS) is 13.3. The average molecular weight is 753 g/mol. The summed E-state index contributed by atoms with van der Waals surface area (Å²) in [5.41, 5.74) is 15.2. The van der Waals surface area contributed by atoms with E-state index in [0.717, 1.165) is 24.3 Å². The van der Waals surface area contributed by atoms with Crippen LogP contribution in [0.25, 0.3) is 33.4 Å². The van der Waals surface area contributed by atoms with Gasteiger partial charge in [0.15, 0.2) is 0 Å². The van der Waals surface area contributed by atoms with Crippen LogP contribution in [-0.2, 0) is 37.1 Å². The molecule has 0 bridgehead atoms. The zero-order chi connectivity index (χ0) is 35.3. The molecule has 0 saturated carbocycles. The van der Waals surface area contributed by atoms with Crippen molar-refractivity contribution in [2.45, 2.75) is 84.5 Å². The summed E-state index contributed by atoms with van der Waals surface area (Å²) in [6, 6.07) is 41.2. The third-order valence-corrected chi connectivity index (χ3v) is 10.3. The van der Waals surface area contributed by atoms with Crippen molar-refractivity contribution in [3.63, 3.8) is 0 Å². The van der Waals surface area contributed by atoms with Crippen LogP contribution < -0.4 is 0 Å². The van der Waals surface area contributed by atoms with Gasteiger partial charge in [-0.15, -0.1) is 35.2 Å². The van der Waals surface area contributed by atoms with E-state index in [1.54, 1.807) is 0 Å². The Morgan fingerprint density at radius 1 is 0.740 bits per heavy atom. The molecule has 2 atom stereocenters. The summed E-state index contributed by atoms with van der Waals surface area (Å²) >= 11 is 7.24. The van der Waals surface area contributed by atoms with Gasteiger partial charge in [0.2, 0.25) is 0 Å². The number of halogens is 1. The molecule has 2 unspecified atom stereocenters. The molecule has 50 heavy (non-hydrogen) atoms. The Morgan fingerprint density at radius 3 is 1.98 bits per heavy atom. The van der Waals surface area contributed by atoms with Gasteiger partial charge in [-0.2, -0.15) is 6.08 Å². The van der Waals surface area contributed by atoms with E-state index in [1.165, 1.54) is 111 Å². The predicted octanol–water partition coefficient (Wildman–Crippen LogP) is 13.7. The summed E-state index contributed by atoms with van der Waals surface area (Å²) in [5, 5.41) is 0.829. The fourth-order valence-electron chi connectivity index (χ4n) is 7.04. The minimum absolute atomic E-state index is 0.517. The standard InChI is InChI=1S/C35H37.C8H7Cl.C5H5.Zr/c1-5-13-24(3)30-22-34-28(20-32(30)26-15-9-7-10-16-26)19-29-21-33(27-17-11-8-12-18-27)31(23-35(29)34)25(4)14-6-2;1-2-7-4-3-5-8(9)6-7;1-2-4-5-3-1;/h7-12,15-18,20,22-25H,5-6,13-14,19H2,1-4H3;1,3-6H,2H2;1-3H,4H2;/q-1;;-1;+2. The first-order valence-corrected chi connectivity index (χ1v) is 20.0. The Morgan fingerprint density at radius 2 is 1.40 bits per heavy atom. The van der Waals surface area contributed by atoms with Gasteiger partial charge in [0, 0.05) is 0 Å². The number of hydrogen-bond donors (Lipinski definition) is 0. The van der Waals surface area contributed by atoms with Crippen LogP contribution in [0.5, 0.6) is 0 Å². The zero-order valence-corrected chi connectivity index (χ0v) is 33.3. The molecule has 0 spiro atoms. The minimum atomic E-state index is 0.517. The molecule has 0 heterocycles. The van der Waals surface area contributed by atoms with E-state index in [-0.39, 0.29) is 0 Å². The summed E-state index contributed by atoms with van der Waals surface area (Å²) in [6.45, 7) is 9.36. The monoisotopic (exact) mass is 750 g/mol. The van der Waals surface area contributed by atoms with Crippen molar-refractivity contribution in [3.05, 3.63) is 166 Å². The second kappa shape index (κ2) is 19.3. The zero-order valence-electron chi connectivity index (χ0n) is 30.1. The molecular formula is C48H49ClZr. The van der Waals surface area contributed by atoms with Gasteiger partial charge in [0.1, 0.15) is 0 Å². The van der Waals surface area contributed by atoms with Gasteiger partial charge in [0.25, 0.3) is 0 Å². The largest absolute Gasteiger partial charge is 0.273 e. The van der Waals surface area contributed by atoms with Crippen LogP contribution in [0.2, 0.25) is 5.02 Å². The average Bonchev–Trinajstić information content (AvgIpc) is 3.84. The van der Waals surface area contributed by atoms with Gasteiger partial charge in [-0.1, -0.05) is 142 Å². The maximum absolute atomic E-state index is 5.77. The van der Waals surface area contributed by atoms with Crippen LogP contribution in [0, 0.1) is 12.1 Å². The molecule has 0 nitrogen and oxygen atoms in total. The third-order valence-electron chi connectivity index (χ3n) is 9.59.